The molecule has 2 rings (SSSR count). The summed E-state index contributed by atoms with van der Waals surface area (Å²) in [6, 6.07) is 1.13. The third-order valence-electron chi connectivity index (χ3n) is 4.00. The van der Waals surface area contributed by atoms with Crippen LogP contribution >= 0.6 is 11.6 Å². The van der Waals surface area contributed by atoms with Gasteiger partial charge in [0.1, 0.15) is 0 Å². The summed E-state index contributed by atoms with van der Waals surface area (Å²) in [7, 11) is 0. The van der Waals surface area contributed by atoms with E-state index in [9.17, 15) is 0 Å². The molecule has 0 spiro atoms. The lowest BCUT2D eigenvalue weighted by Crippen LogP contribution is -2.54. The van der Waals surface area contributed by atoms with Gasteiger partial charge in [0, 0.05) is 38.3 Å². The second-order valence-electron chi connectivity index (χ2n) is 5.46. The number of hydrogen-bond donors (Lipinski definition) is 1. The Kier molecular flexibility index (Phi) is 4.87. The smallest absolute Gasteiger partial charge is 0.0860 e. The van der Waals surface area contributed by atoms with Crippen LogP contribution < -0.4 is 5.32 Å². The number of aromatic nitrogens is 2. The zero-order chi connectivity index (χ0) is 14.0. The van der Waals surface area contributed by atoms with Crippen molar-refractivity contribution in [2.45, 2.75) is 59.3 Å². The molecular formula is C14H25ClN4. The molecule has 0 radical (unpaired) electrons. The molecule has 0 bridgehead atoms. The minimum atomic E-state index is 0.542. The van der Waals surface area contributed by atoms with Crippen molar-refractivity contribution in [1.29, 1.82) is 0 Å². The normalized spacial score (nSPS) is 24.9. The Morgan fingerprint density at radius 2 is 2.16 bits per heavy atom. The first-order valence-electron chi connectivity index (χ1n) is 7.26. The van der Waals surface area contributed by atoms with E-state index in [4.69, 9.17) is 11.6 Å². The van der Waals surface area contributed by atoms with Crippen molar-refractivity contribution >= 4 is 11.6 Å². The van der Waals surface area contributed by atoms with Gasteiger partial charge in [0.15, 0.2) is 0 Å². The summed E-state index contributed by atoms with van der Waals surface area (Å²) in [4.78, 5) is 2.54. The van der Waals surface area contributed by atoms with Crippen LogP contribution in [-0.4, -0.2) is 39.9 Å². The Morgan fingerprint density at radius 1 is 1.42 bits per heavy atom. The molecule has 1 aliphatic rings. The van der Waals surface area contributed by atoms with Crippen LogP contribution in [0.2, 0.25) is 5.02 Å². The average molecular weight is 285 g/mol. The third-order valence-corrected chi connectivity index (χ3v) is 4.50. The van der Waals surface area contributed by atoms with E-state index in [2.05, 4.69) is 36.1 Å². The van der Waals surface area contributed by atoms with Crippen molar-refractivity contribution in [2.75, 3.05) is 13.1 Å². The molecule has 1 fully saturated rings. The van der Waals surface area contributed by atoms with Gasteiger partial charge in [0.25, 0.3) is 0 Å². The number of piperazine rings is 1. The van der Waals surface area contributed by atoms with E-state index in [1.807, 2.05) is 11.6 Å². The highest BCUT2D eigenvalue weighted by atomic mass is 35.5. The first-order valence-corrected chi connectivity index (χ1v) is 7.63. The second-order valence-corrected chi connectivity index (χ2v) is 5.84. The molecule has 108 valence electrons. The van der Waals surface area contributed by atoms with Crippen LogP contribution in [0.5, 0.6) is 0 Å². The molecule has 2 unspecified atom stereocenters. The highest BCUT2D eigenvalue weighted by molar-refractivity contribution is 6.31. The zero-order valence-corrected chi connectivity index (χ0v) is 13.2. The van der Waals surface area contributed by atoms with Gasteiger partial charge in [0.2, 0.25) is 0 Å². The summed E-state index contributed by atoms with van der Waals surface area (Å²) in [5.74, 6) is 0. The molecule has 5 heteroatoms. The summed E-state index contributed by atoms with van der Waals surface area (Å²) in [6.45, 7) is 12.5. The van der Waals surface area contributed by atoms with Crippen LogP contribution in [0.15, 0.2) is 0 Å². The summed E-state index contributed by atoms with van der Waals surface area (Å²) in [5, 5.41) is 8.89. The number of rotatable bonds is 4. The molecule has 2 atom stereocenters. The van der Waals surface area contributed by atoms with Crippen molar-refractivity contribution in [1.82, 2.24) is 20.0 Å². The standard InChI is InChI=1S/C14H25ClN4/c1-5-12-7-16-10(3)8-18(12)9-13-14(15)11(4)17-19(13)6-2/h10,12,16H,5-9H2,1-4H3. The molecule has 1 saturated heterocycles. The summed E-state index contributed by atoms with van der Waals surface area (Å²) < 4.78 is 2.04. The van der Waals surface area contributed by atoms with Crippen LogP contribution in [0, 0.1) is 6.92 Å². The van der Waals surface area contributed by atoms with E-state index in [1.165, 1.54) is 0 Å². The Bertz CT molecular complexity index is 429. The van der Waals surface area contributed by atoms with Crippen molar-refractivity contribution < 1.29 is 0 Å². The number of halogens is 1. The van der Waals surface area contributed by atoms with Crippen molar-refractivity contribution in [3.05, 3.63) is 16.4 Å². The van der Waals surface area contributed by atoms with Crippen molar-refractivity contribution in [2.24, 2.45) is 0 Å². The largest absolute Gasteiger partial charge is 0.311 e. The minimum absolute atomic E-state index is 0.542. The van der Waals surface area contributed by atoms with E-state index < -0.39 is 0 Å². The first kappa shape index (κ1) is 14.8. The van der Waals surface area contributed by atoms with E-state index >= 15 is 0 Å². The van der Waals surface area contributed by atoms with E-state index in [-0.39, 0.29) is 0 Å². The number of nitrogens with one attached hydrogen (secondary N) is 1. The lowest BCUT2D eigenvalue weighted by Gasteiger charge is -2.39. The predicted octanol–water partition coefficient (Wildman–Crippen LogP) is 2.44. The van der Waals surface area contributed by atoms with Gasteiger partial charge >= 0.3 is 0 Å². The molecule has 4 nitrogen and oxygen atoms in total. The maximum absolute atomic E-state index is 6.41. The second kappa shape index (κ2) is 6.25. The summed E-state index contributed by atoms with van der Waals surface area (Å²) in [5.41, 5.74) is 2.10. The van der Waals surface area contributed by atoms with Gasteiger partial charge in [-0.25, -0.2) is 0 Å². The Hall–Kier alpha value is -0.580. The molecule has 0 saturated carbocycles. The van der Waals surface area contributed by atoms with Crippen LogP contribution in [0.1, 0.15) is 38.6 Å². The topological polar surface area (TPSA) is 33.1 Å². The van der Waals surface area contributed by atoms with Gasteiger partial charge in [0.05, 0.1) is 16.4 Å². The van der Waals surface area contributed by atoms with Gasteiger partial charge in [-0.1, -0.05) is 18.5 Å². The van der Waals surface area contributed by atoms with Gasteiger partial charge in [-0.3, -0.25) is 9.58 Å². The van der Waals surface area contributed by atoms with Crippen LogP contribution in [0.3, 0.4) is 0 Å². The monoisotopic (exact) mass is 284 g/mol. The Balaban J connectivity index is 2.18. The highest BCUT2D eigenvalue weighted by Gasteiger charge is 2.26. The molecule has 0 aromatic carbocycles. The van der Waals surface area contributed by atoms with E-state index in [1.54, 1.807) is 0 Å². The summed E-state index contributed by atoms with van der Waals surface area (Å²) >= 11 is 6.41. The van der Waals surface area contributed by atoms with Gasteiger partial charge in [-0.15, -0.1) is 0 Å². The van der Waals surface area contributed by atoms with Crippen molar-refractivity contribution in [3.63, 3.8) is 0 Å². The molecular weight excluding hydrogens is 260 g/mol. The van der Waals surface area contributed by atoms with Crippen LogP contribution in [0.25, 0.3) is 0 Å². The van der Waals surface area contributed by atoms with Gasteiger partial charge in [-0.05, 0) is 27.2 Å². The fourth-order valence-electron chi connectivity index (χ4n) is 2.84. The predicted molar refractivity (Wildman–Crippen MR) is 79.6 cm³/mol. The molecule has 0 aliphatic carbocycles. The average Bonchev–Trinajstić information content (AvgIpc) is 2.67. The van der Waals surface area contributed by atoms with E-state index in [0.29, 0.717) is 12.1 Å². The van der Waals surface area contributed by atoms with E-state index in [0.717, 1.165) is 49.0 Å². The first-order chi connectivity index (χ1) is 9.06. The molecule has 19 heavy (non-hydrogen) atoms. The van der Waals surface area contributed by atoms with Crippen LogP contribution in [0.4, 0.5) is 0 Å². The minimum Gasteiger partial charge on any atom is -0.311 e. The third kappa shape index (κ3) is 3.12. The quantitative estimate of drug-likeness (QED) is 0.922. The molecule has 1 aromatic rings. The number of nitrogens with zero attached hydrogens (tertiary/aromatic N) is 3. The molecule has 1 aromatic heterocycles. The SMILES string of the molecule is CCC1CNC(C)CN1Cc1c(Cl)c(C)nn1CC. The molecule has 1 N–H and O–H groups in total. The van der Waals surface area contributed by atoms with Gasteiger partial charge in [-0.2, -0.15) is 5.10 Å². The van der Waals surface area contributed by atoms with Crippen LogP contribution in [-0.2, 0) is 13.1 Å². The lowest BCUT2D eigenvalue weighted by atomic mass is 10.1. The number of hydrogen-bond acceptors (Lipinski definition) is 3. The maximum Gasteiger partial charge on any atom is 0.0860 e. The van der Waals surface area contributed by atoms with Gasteiger partial charge < -0.3 is 5.32 Å². The lowest BCUT2D eigenvalue weighted by molar-refractivity contribution is 0.121. The summed E-state index contributed by atoms with van der Waals surface area (Å²) in [6.07, 6.45) is 1.16. The zero-order valence-electron chi connectivity index (χ0n) is 12.4. The molecule has 0 amide bonds. The fraction of sp³-hybridized carbons (Fsp3) is 0.786. The highest BCUT2D eigenvalue weighted by Crippen LogP contribution is 2.24. The maximum atomic E-state index is 6.41. The molecule has 1 aliphatic heterocycles. The fourth-order valence-corrected chi connectivity index (χ4v) is 3.04. The van der Waals surface area contributed by atoms with Crippen molar-refractivity contribution in [3.8, 4) is 0 Å². The molecule has 2 heterocycles. The Labute approximate surface area is 121 Å². The Morgan fingerprint density at radius 3 is 2.79 bits per heavy atom. The number of aryl methyl sites for hydroxylation is 2.